The Morgan fingerprint density at radius 3 is 2.94 bits per heavy atom. The van der Waals surface area contributed by atoms with Crippen molar-refractivity contribution in [1.29, 1.82) is 0 Å². The van der Waals surface area contributed by atoms with Crippen molar-refractivity contribution in [1.82, 2.24) is 20.0 Å². The van der Waals surface area contributed by atoms with E-state index in [4.69, 9.17) is 0 Å². The fourth-order valence-corrected chi connectivity index (χ4v) is 2.87. The van der Waals surface area contributed by atoms with E-state index in [9.17, 15) is 0 Å². The van der Waals surface area contributed by atoms with Gasteiger partial charge in [0.2, 0.25) is 0 Å². The van der Waals surface area contributed by atoms with Crippen molar-refractivity contribution < 1.29 is 0 Å². The largest absolute Gasteiger partial charge is 0.318 e. The molecule has 1 unspecified atom stereocenters. The number of hydrogen-bond donors (Lipinski definition) is 1. The number of likely N-dealkylation sites (tertiary alicyclic amines) is 1. The molecule has 0 saturated carbocycles. The highest BCUT2D eigenvalue weighted by Gasteiger charge is 2.24. The van der Waals surface area contributed by atoms with Crippen LogP contribution in [-0.2, 0) is 19.5 Å². The van der Waals surface area contributed by atoms with Crippen LogP contribution in [0.2, 0.25) is 0 Å². The standard InChI is InChI=1S/C14H26N4/c1-4-12-9-14(18(5-2)16-12)11-17-8-6-7-13(17)10-15-3/h9,13,15H,4-8,10-11H2,1-3H3. The smallest absolute Gasteiger partial charge is 0.0625 e. The van der Waals surface area contributed by atoms with Crippen LogP contribution in [0.25, 0.3) is 0 Å². The Bertz CT molecular complexity index is 372. The molecular weight excluding hydrogens is 224 g/mol. The fraction of sp³-hybridized carbons (Fsp3) is 0.786. The van der Waals surface area contributed by atoms with E-state index in [1.165, 1.54) is 30.8 Å². The minimum absolute atomic E-state index is 0.695. The highest BCUT2D eigenvalue weighted by Crippen LogP contribution is 2.20. The summed E-state index contributed by atoms with van der Waals surface area (Å²) in [5.41, 5.74) is 2.59. The van der Waals surface area contributed by atoms with E-state index in [1.807, 2.05) is 7.05 Å². The molecule has 0 amide bonds. The molecule has 1 atom stereocenters. The summed E-state index contributed by atoms with van der Waals surface area (Å²) >= 11 is 0. The zero-order valence-electron chi connectivity index (χ0n) is 11.9. The second-order valence-corrected chi connectivity index (χ2v) is 5.12. The van der Waals surface area contributed by atoms with Crippen LogP contribution in [0, 0.1) is 0 Å². The number of rotatable bonds is 6. The normalized spacial score (nSPS) is 20.7. The van der Waals surface area contributed by atoms with Gasteiger partial charge in [0.25, 0.3) is 0 Å². The van der Waals surface area contributed by atoms with Crippen molar-refractivity contribution in [3.05, 3.63) is 17.5 Å². The molecule has 0 aromatic carbocycles. The molecule has 1 aromatic rings. The summed E-state index contributed by atoms with van der Waals surface area (Å²) < 4.78 is 2.16. The molecule has 1 fully saturated rings. The number of nitrogens with one attached hydrogen (secondary N) is 1. The predicted octanol–water partition coefficient (Wildman–Crippen LogP) is 1.65. The molecule has 0 aliphatic carbocycles. The first kappa shape index (κ1) is 13.6. The van der Waals surface area contributed by atoms with Crippen LogP contribution in [0.3, 0.4) is 0 Å². The van der Waals surface area contributed by atoms with Gasteiger partial charge in [-0.05, 0) is 45.8 Å². The van der Waals surface area contributed by atoms with Crippen molar-refractivity contribution in [3.63, 3.8) is 0 Å². The van der Waals surface area contributed by atoms with Crippen LogP contribution in [0.1, 0.15) is 38.1 Å². The third kappa shape index (κ3) is 2.93. The van der Waals surface area contributed by atoms with Crippen LogP contribution in [0.4, 0.5) is 0 Å². The second kappa shape index (κ2) is 6.34. The number of aryl methyl sites for hydroxylation is 2. The molecule has 1 saturated heterocycles. The van der Waals surface area contributed by atoms with Crippen LogP contribution in [0.15, 0.2) is 6.07 Å². The summed E-state index contributed by atoms with van der Waals surface area (Å²) in [5, 5.41) is 7.94. The summed E-state index contributed by atoms with van der Waals surface area (Å²) in [6, 6.07) is 2.97. The van der Waals surface area contributed by atoms with Gasteiger partial charge in [-0.3, -0.25) is 9.58 Å². The van der Waals surface area contributed by atoms with Gasteiger partial charge in [-0.2, -0.15) is 5.10 Å². The van der Waals surface area contributed by atoms with E-state index >= 15 is 0 Å². The van der Waals surface area contributed by atoms with Crippen LogP contribution < -0.4 is 5.32 Å². The van der Waals surface area contributed by atoms with Gasteiger partial charge in [0.1, 0.15) is 0 Å². The average Bonchev–Trinajstić information content (AvgIpc) is 2.97. The Balaban J connectivity index is 2.05. The lowest BCUT2D eigenvalue weighted by atomic mass is 10.2. The number of aromatic nitrogens is 2. The molecular formula is C14H26N4. The zero-order chi connectivity index (χ0) is 13.0. The Hall–Kier alpha value is -0.870. The lowest BCUT2D eigenvalue weighted by Crippen LogP contribution is -2.36. The molecule has 4 heteroatoms. The predicted molar refractivity (Wildman–Crippen MR) is 74.6 cm³/mol. The highest BCUT2D eigenvalue weighted by molar-refractivity contribution is 5.11. The fourth-order valence-electron chi connectivity index (χ4n) is 2.87. The summed E-state index contributed by atoms with van der Waals surface area (Å²) in [4.78, 5) is 2.60. The lowest BCUT2D eigenvalue weighted by Gasteiger charge is -2.24. The molecule has 2 rings (SSSR count). The number of hydrogen-bond acceptors (Lipinski definition) is 3. The number of likely N-dealkylation sites (N-methyl/N-ethyl adjacent to an activating group) is 1. The van der Waals surface area contributed by atoms with Gasteiger partial charge in [0.05, 0.1) is 11.4 Å². The summed E-state index contributed by atoms with van der Waals surface area (Å²) in [6.07, 6.45) is 3.68. The summed E-state index contributed by atoms with van der Waals surface area (Å²) in [6.45, 7) is 8.69. The molecule has 1 aliphatic rings. The lowest BCUT2D eigenvalue weighted by molar-refractivity contribution is 0.235. The van der Waals surface area contributed by atoms with Crippen molar-refractivity contribution >= 4 is 0 Å². The van der Waals surface area contributed by atoms with Gasteiger partial charge in [-0.25, -0.2) is 0 Å². The Morgan fingerprint density at radius 2 is 2.28 bits per heavy atom. The Labute approximate surface area is 110 Å². The molecule has 1 N–H and O–H groups in total. The minimum atomic E-state index is 0.695. The van der Waals surface area contributed by atoms with E-state index in [-0.39, 0.29) is 0 Å². The maximum absolute atomic E-state index is 4.63. The van der Waals surface area contributed by atoms with E-state index < -0.39 is 0 Å². The topological polar surface area (TPSA) is 33.1 Å². The first-order valence-corrected chi connectivity index (χ1v) is 7.22. The molecule has 0 radical (unpaired) electrons. The summed E-state index contributed by atoms with van der Waals surface area (Å²) in [7, 11) is 2.04. The molecule has 0 spiro atoms. The van der Waals surface area contributed by atoms with E-state index in [1.54, 1.807) is 0 Å². The Morgan fingerprint density at radius 1 is 1.44 bits per heavy atom. The molecule has 1 aromatic heterocycles. The van der Waals surface area contributed by atoms with Crippen molar-refractivity contribution in [3.8, 4) is 0 Å². The van der Waals surface area contributed by atoms with Crippen molar-refractivity contribution in [2.45, 2.75) is 52.2 Å². The van der Waals surface area contributed by atoms with Gasteiger partial charge in [-0.15, -0.1) is 0 Å². The van der Waals surface area contributed by atoms with Gasteiger partial charge in [-0.1, -0.05) is 6.92 Å². The molecule has 4 nitrogen and oxygen atoms in total. The van der Waals surface area contributed by atoms with Gasteiger partial charge in [0.15, 0.2) is 0 Å². The van der Waals surface area contributed by atoms with Crippen molar-refractivity contribution in [2.24, 2.45) is 0 Å². The van der Waals surface area contributed by atoms with Gasteiger partial charge < -0.3 is 5.32 Å². The second-order valence-electron chi connectivity index (χ2n) is 5.12. The maximum Gasteiger partial charge on any atom is 0.0625 e. The molecule has 18 heavy (non-hydrogen) atoms. The molecule has 102 valence electrons. The van der Waals surface area contributed by atoms with Gasteiger partial charge in [0, 0.05) is 25.7 Å². The van der Waals surface area contributed by atoms with E-state index in [0.717, 1.165) is 26.1 Å². The summed E-state index contributed by atoms with van der Waals surface area (Å²) in [5.74, 6) is 0. The first-order chi connectivity index (χ1) is 8.78. The van der Waals surface area contributed by atoms with Gasteiger partial charge >= 0.3 is 0 Å². The third-order valence-corrected chi connectivity index (χ3v) is 3.88. The van der Waals surface area contributed by atoms with Crippen LogP contribution in [-0.4, -0.2) is 40.9 Å². The van der Waals surface area contributed by atoms with E-state index in [0.29, 0.717) is 6.04 Å². The minimum Gasteiger partial charge on any atom is -0.318 e. The monoisotopic (exact) mass is 250 g/mol. The Kier molecular flexibility index (Phi) is 4.78. The SMILES string of the molecule is CCc1cc(CN2CCCC2CNC)n(CC)n1. The highest BCUT2D eigenvalue weighted by atomic mass is 15.3. The molecule has 1 aliphatic heterocycles. The molecule has 2 heterocycles. The average molecular weight is 250 g/mol. The molecule has 0 bridgehead atoms. The van der Waals surface area contributed by atoms with Crippen LogP contribution in [0.5, 0.6) is 0 Å². The van der Waals surface area contributed by atoms with Crippen LogP contribution >= 0.6 is 0 Å². The first-order valence-electron chi connectivity index (χ1n) is 7.22. The quantitative estimate of drug-likeness (QED) is 0.833. The maximum atomic E-state index is 4.63. The zero-order valence-corrected chi connectivity index (χ0v) is 11.9. The van der Waals surface area contributed by atoms with Crippen molar-refractivity contribution in [2.75, 3.05) is 20.1 Å². The third-order valence-electron chi connectivity index (χ3n) is 3.88. The van der Waals surface area contributed by atoms with E-state index in [2.05, 4.69) is 39.9 Å². The number of nitrogens with zero attached hydrogens (tertiary/aromatic N) is 3.